The van der Waals surface area contributed by atoms with E-state index in [9.17, 15) is 0 Å². The molecule has 2 aromatic rings. The van der Waals surface area contributed by atoms with Crippen LogP contribution in [0, 0.1) is 6.92 Å². The average Bonchev–Trinajstić information content (AvgIpc) is 2.19. The highest BCUT2D eigenvalue weighted by atomic mass is 14.8. The van der Waals surface area contributed by atoms with E-state index in [1.165, 1.54) is 0 Å². The fourth-order valence-corrected chi connectivity index (χ4v) is 1.42. The fourth-order valence-electron chi connectivity index (χ4n) is 1.42. The molecule has 0 radical (unpaired) electrons. The highest BCUT2D eigenvalue weighted by Crippen LogP contribution is 2.12. The normalized spacial score (nSPS) is 11.3. The Kier molecular flexibility index (Phi) is 2.27. The van der Waals surface area contributed by atoms with Gasteiger partial charge in [-0.15, -0.1) is 0 Å². The van der Waals surface area contributed by atoms with Crippen LogP contribution in [0.4, 0.5) is 0 Å². The minimum atomic E-state index is 0.950. The standard InChI is InChI=1S/C12H12N2/c1-3-6-10-9(2)13-11-7-4-5-8-12(11)14-10/h3-8H,1-2H3. The Bertz CT molecular complexity index is 487. The highest BCUT2D eigenvalue weighted by Gasteiger charge is 2.00. The van der Waals surface area contributed by atoms with Gasteiger partial charge in [0, 0.05) is 0 Å². The first-order chi connectivity index (χ1) is 6.81. The smallest absolute Gasteiger partial charge is 0.0894 e. The van der Waals surface area contributed by atoms with E-state index in [-0.39, 0.29) is 0 Å². The van der Waals surface area contributed by atoms with E-state index in [1.54, 1.807) is 0 Å². The molecular formula is C12H12N2. The number of para-hydroxylation sites is 2. The molecule has 0 spiro atoms. The maximum Gasteiger partial charge on any atom is 0.0894 e. The van der Waals surface area contributed by atoms with Crippen molar-refractivity contribution in [2.24, 2.45) is 0 Å². The summed E-state index contributed by atoms with van der Waals surface area (Å²) in [5.74, 6) is 0. The second kappa shape index (κ2) is 3.58. The molecule has 2 rings (SSSR count). The summed E-state index contributed by atoms with van der Waals surface area (Å²) in [6.07, 6.45) is 3.96. The van der Waals surface area contributed by atoms with Crippen molar-refractivity contribution in [3.05, 3.63) is 41.7 Å². The third kappa shape index (κ3) is 1.51. The Morgan fingerprint density at radius 2 is 1.71 bits per heavy atom. The molecule has 0 bridgehead atoms. The molecule has 0 amide bonds. The molecule has 2 nitrogen and oxygen atoms in total. The largest absolute Gasteiger partial charge is 0.249 e. The second-order valence-electron chi connectivity index (χ2n) is 3.18. The van der Waals surface area contributed by atoms with Crippen LogP contribution in [0.3, 0.4) is 0 Å². The monoisotopic (exact) mass is 184 g/mol. The zero-order chi connectivity index (χ0) is 9.97. The van der Waals surface area contributed by atoms with E-state index in [4.69, 9.17) is 0 Å². The second-order valence-corrected chi connectivity index (χ2v) is 3.18. The number of hydrogen-bond donors (Lipinski definition) is 0. The van der Waals surface area contributed by atoms with E-state index in [0.29, 0.717) is 0 Å². The Labute approximate surface area is 83.3 Å². The van der Waals surface area contributed by atoms with Gasteiger partial charge in [-0.2, -0.15) is 0 Å². The van der Waals surface area contributed by atoms with Gasteiger partial charge in [0.25, 0.3) is 0 Å². The number of benzene rings is 1. The van der Waals surface area contributed by atoms with Gasteiger partial charge in [0.05, 0.1) is 22.4 Å². The van der Waals surface area contributed by atoms with E-state index in [0.717, 1.165) is 22.4 Å². The van der Waals surface area contributed by atoms with Crippen molar-refractivity contribution in [1.82, 2.24) is 9.97 Å². The molecule has 0 fully saturated rings. The summed E-state index contributed by atoms with van der Waals surface area (Å²) in [7, 11) is 0. The molecule has 0 aliphatic rings. The van der Waals surface area contributed by atoms with Crippen molar-refractivity contribution < 1.29 is 0 Å². The highest BCUT2D eigenvalue weighted by molar-refractivity contribution is 5.75. The summed E-state index contributed by atoms with van der Waals surface area (Å²) in [6.45, 7) is 3.96. The summed E-state index contributed by atoms with van der Waals surface area (Å²) in [5, 5.41) is 0. The number of hydrogen-bond acceptors (Lipinski definition) is 2. The van der Waals surface area contributed by atoms with Gasteiger partial charge in [0.15, 0.2) is 0 Å². The molecule has 14 heavy (non-hydrogen) atoms. The van der Waals surface area contributed by atoms with Gasteiger partial charge in [-0.25, -0.2) is 9.97 Å². The van der Waals surface area contributed by atoms with Crippen molar-refractivity contribution in [2.75, 3.05) is 0 Å². The molecule has 0 saturated carbocycles. The Hall–Kier alpha value is -1.70. The first-order valence-electron chi connectivity index (χ1n) is 4.67. The molecule has 0 N–H and O–H groups in total. The summed E-state index contributed by atoms with van der Waals surface area (Å²) in [6, 6.07) is 7.92. The zero-order valence-corrected chi connectivity index (χ0v) is 8.36. The Morgan fingerprint density at radius 3 is 2.36 bits per heavy atom. The first kappa shape index (κ1) is 8.88. The van der Waals surface area contributed by atoms with Crippen molar-refractivity contribution in [3.8, 4) is 0 Å². The Morgan fingerprint density at radius 1 is 1.07 bits per heavy atom. The van der Waals surface area contributed by atoms with Crippen molar-refractivity contribution >= 4 is 17.1 Å². The minimum absolute atomic E-state index is 0.950. The zero-order valence-electron chi connectivity index (χ0n) is 8.36. The maximum atomic E-state index is 4.52. The Balaban J connectivity index is 2.70. The van der Waals surface area contributed by atoms with Crippen LogP contribution in [0.1, 0.15) is 18.3 Å². The van der Waals surface area contributed by atoms with Gasteiger partial charge in [0.1, 0.15) is 0 Å². The predicted octanol–water partition coefficient (Wildman–Crippen LogP) is 2.97. The van der Waals surface area contributed by atoms with E-state index in [1.807, 2.05) is 50.3 Å². The topological polar surface area (TPSA) is 25.8 Å². The van der Waals surface area contributed by atoms with Gasteiger partial charge in [-0.05, 0) is 32.1 Å². The van der Waals surface area contributed by atoms with Gasteiger partial charge >= 0.3 is 0 Å². The van der Waals surface area contributed by atoms with Crippen molar-refractivity contribution in [1.29, 1.82) is 0 Å². The van der Waals surface area contributed by atoms with Gasteiger partial charge in [0.2, 0.25) is 0 Å². The molecular weight excluding hydrogens is 172 g/mol. The quantitative estimate of drug-likeness (QED) is 0.681. The third-order valence-electron chi connectivity index (χ3n) is 2.11. The number of aryl methyl sites for hydroxylation is 1. The molecule has 0 saturated heterocycles. The molecule has 0 unspecified atom stereocenters. The lowest BCUT2D eigenvalue weighted by Crippen LogP contribution is -1.92. The van der Waals surface area contributed by atoms with Crippen LogP contribution in [-0.2, 0) is 0 Å². The SMILES string of the molecule is CC=Cc1nc2ccccc2nc1C. The van der Waals surface area contributed by atoms with E-state index < -0.39 is 0 Å². The van der Waals surface area contributed by atoms with Gasteiger partial charge in [-0.1, -0.05) is 18.2 Å². The fraction of sp³-hybridized carbons (Fsp3) is 0.167. The predicted molar refractivity (Wildman–Crippen MR) is 59.0 cm³/mol. The lowest BCUT2D eigenvalue weighted by molar-refractivity contribution is 1.16. The van der Waals surface area contributed by atoms with Crippen molar-refractivity contribution in [3.63, 3.8) is 0 Å². The molecule has 70 valence electrons. The minimum Gasteiger partial charge on any atom is -0.249 e. The van der Waals surface area contributed by atoms with Crippen LogP contribution in [-0.4, -0.2) is 9.97 Å². The van der Waals surface area contributed by atoms with Crippen LogP contribution in [0.2, 0.25) is 0 Å². The molecule has 1 aromatic carbocycles. The lowest BCUT2D eigenvalue weighted by atomic mass is 10.2. The molecule has 0 aliphatic heterocycles. The van der Waals surface area contributed by atoms with Crippen LogP contribution < -0.4 is 0 Å². The summed E-state index contributed by atoms with van der Waals surface area (Å²) < 4.78 is 0. The summed E-state index contributed by atoms with van der Waals surface area (Å²) in [5.41, 5.74) is 3.83. The van der Waals surface area contributed by atoms with Crippen LogP contribution in [0.25, 0.3) is 17.1 Å². The number of nitrogens with zero attached hydrogens (tertiary/aromatic N) is 2. The van der Waals surface area contributed by atoms with Gasteiger partial charge < -0.3 is 0 Å². The first-order valence-corrected chi connectivity index (χ1v) is 4.67. The van der Waals surface area contributed by atoms with Crippen LogP contribution in [0.15, 0.2) is 30.3 Å². The molecule has 2 heteroatoms. The molecule has 0 atom stereocenters. The van der Waals surface area contributed by atoms with E-state index >= 15 is 0 Å². The van der Waals surface area contributed by atoms with Crippen LogP contribution >= 0.6 is 0 Å². The van der Waals surface area contributed by atoms with Gasteiger partial charge in [-0.3, -0.25) is 0 Å². The molecule has 1 heterocycles. The average molecular weight is 184 g/mol. The maximum absolute atomic E-state index is 4.52. The van der Waals surface area contributed by atoms with E-state index in [2.05, 4.69) is 9.97 Å². The summed E-state index contributed by atoms with van der Waals surface area (Å²) in [4.78, 5) is 9.00. The molecule has 0 aliphatic carbocycles. The molecule has 1 aromatic heterocycles. The number of aromatic nitrogens is 2. The van der Waals surface area contributed by atoms with Crippen molar-refractivity contribution in [2.45, 2.75) is 13.8 Å². The third-order valence-corrected chi connectivity index (χ3v) is 2.11. The number of fused-ring (bicyclic) bond motifs is 1. The van der Waals surface area contributed by atoms with Crippen LogP contribution in [0.5, 0.6) is 0 Å². The number of allylic oxidation sites excluding steroid dienone is 1. The summed E-state index contributed by atoms with van der Waals surface area (Å²) >= 11 is 0. The lowest BCUT2D eigenvalue weighted by Gasteiger charge is -2.01. The number of rotatable bonds is 1.